The number of nitrogens with zero attached hydrogens (tertiary/aromatic N) is 2. The minimum absolute atomic E-state index is 0.214. The van der Waals surface area contributed by atoms with Crippen molar-refractivity contribution in [3.05, 3.63) is 52.8 Å². The highest BCUT2D eigenvalue weighted by molar-refractivity contribution is 5.34. The summed E-state index contributed by atoms with van der Waals surface area (Å²) in [5, 5.41) is 8.05. The van der Waals surface area contributed by atoms with Gasteiger partial charge in [-0.2, -0.15) is 5.10 Å². The fourth-order valence-corrected chi connectivity index (χ4v) is 3.27. The van der Waals surface area contributed by atoms with E-state index in [9.17, 15) is 0 Å². The normalized spacial score (nSPS) is 16.7. The Kier molecular flexibility index (Phi) is 4.11. The number of nitrogens with one attached hydrogen (secondary N) is 1. The predicted octanol–water partition coefficient (Wildman–Crippen LogP) is 3.79. The number of rotatable bonds is 5. The number of hydrogen-bond acceptors (Lipinski definition) is 2. The van der Waals surface area contributed by atoms with Gasteiger partial charge in [0.25, 0.3) is 0 Å². The molecular weight excluding hydrogens is 258 g/mol. The second kappa shape index (κ2) is 6.02. The molecule has 1 aromatic heterocycles. The Morgan fingerprint density at radius 3 is 2.76 bits per heavy atom. The molecule has 1 saturated carbocycles. The summed E-state index contributed by atoms with van der Waals surface area (Å²) in [7, 11) is 2.03. The molecule has 0 spiro atoms. The van der Waals surface area contributed by atoms with E-state index in [1.807, 2.05) is 7.05 Å². The molecule has 112 valence electrons. The third-order valence-electron chi connectivity index (χ3n) is 4.64. The molecule has 0 radical (unpaired) electrons. The van der Waals surface area contributed by atoms with Gasteiger partial charge < -0.3 is 5.32 Å². The second-order valence-corrected chi connectivity index (χ2v) is 6.05. The van der Waals surface area contributed by atoms with E-state index in [2.05, 4.69) is 59.3 Å². The molecule has 0 bridgehead atoms. The van der Waals surface area contributed by atoms with Crippen LogP contribution in [0.5, 0.6) is 0 Å². The number of benzene rings is 1. The van der Waals surface area contributed by atoms with Crippen molar-refractivity contribution in [1.29, 1.82) is 0 Å². The Balaban J connectivity index is 1.95. The van der Waals surface area contributed by atoms with Crippen molar-refractivity contribution in [3.63, 3.8) is 0 Å². The first-order valence-electron chi connectivity index (χ1n) is 8.04. The molecule has 0 amide bonds. The Morgan fingerprint density at radius 2 is 2.14 bits per heavy atom. The zero-order valence-corrected chi connectivity index (χ0v) is 13.3. The zero-order chi connectivity index (χ0) is 14.8. The van der Waals surface area contributed by atoms with Crippen LogP contribution in [-0.2, 0) is 6.54 Å². The van der Waals surface area contributed by atoms with Gasteiger partial charge in [0, 0.05) is 6.54 Å². The van der Waals surface area contributed by atoms with Crippen molar-refractivity contribution in [1.82, 2.24) is 15.1 Å². The van der Waals surface area contributed by atoms with Gasteiger partial charge in [0.15, 0.2) is 0 Å². The minimum Gasteiger partial charge on any atom is -0.308 e. The highest BCUT2D eigenvalue weighted by atomic mass is 15.3. The smallest absolute Gasteiger partial charge is 0.0746 e. The van der Waals surface area contributed by atoms with Crippen LogP contribution < -0.4 is 5.32 Å². The van der Waals surface area contributed by atoms with Gasteiger partial charge in [-0.3, -0.25) is 4.68 Å². The van der Waals surface area contributed by atoms with Gasteiger partial charge in [-0.15, -0.1) is 0 Å². The first-order valence-corrected chi connectivity index (χ1v) is 8.04. The van der Waals surface area contributed by atoms with Crippen molar-refractivity contribution in [2.45, 2.75) is 51.6 Å². The molecule has 1 atom stereocenters. The molecule has 1 aliphatic rings. The Labute approximate surface area is 127 Å². The molecular formula is C18H25N3. The third kappa shape index (κ3) is 2.75. The Bertz CT molecular complexity index is 611. The van der Waals surface area contributed by atoms with Crippen LogP contribution in [0.25, 0.3) is 0 Å². The standard InChI is InChI=1S/C18H25N3/c1-4-21-17(11-13(2)20-21)18(19-3)16-10-6-9-15(12-16)14-7-5-8-14/h6,9-12,14,18-19H,4-5,7-8H2,1-3H3. The molecule has 1 N–H and O–H groups in total. The molecule has 0 saturated heterocycles. The summed E-state index contributed by atoms with van der Waals surface area (Å²) in [6.45, 7) is 5.12. The maximum atomic E-state index is 4.59. The van der Waals surface area contributed by atoms with Crippen LogP contribution in [0.4, 0.5) is 0 Å². The van der Waals surface area contributed by atoms with E-state index in [4.69, 9.17) is 0 Å². The quantitative estimate of drug-likeness (QED) is 0.905. The zero-order valence-electron chi connectivity index (χ0n) is 13.3. The highest BCUT2D eigenvalue weighted by Gasteiger charge is 2.22. The van der Waals surface area contributed by atoms with Crippen molar-refractivity contribution < 1.29 is 0 Å². The molecule has 1 aromatic carbocycles. The lowest BCUT2D eigenvalue weighted by Gasteiger charge is -2.27. The van der Waals surface area contributed by atoms with E-state index in [1.165, 1.54) is 36.1 Å². The van der Waals surface area contributed by atoms with Gasteiger partial charge in [-0.1, -0.05) is 30.7 Å². The van der Waals surface area contributed by atoms with Gasteiger partial charge in [0.2, 0.25) is 0 Å². The van der Waals surface area contributed by atoms with E-state index in [0.717, 1.165) is 18.2 Å². The van der Waals surface area contributed by atoms with Crippen molar-refractivity contribution in [3.8, 4) is 0 Å². The molecule has 3 rings (SSSR count). The van der Waals surface area contributed by atoms with Gasteiger partial charge in [-0.05, 0) is 56.8 Å². The third-order valence-corrected chi connectivity index (χ3v) is 4.64. The minimum atomic E-state index is 0.214. The lowest BCUT2D eigenvalue weighted by atomic mass is 9.79. The van der Waals surface area contributed by atoms with E-state index >= 15 is 0 Å². The van der Waals surface area contributed by atoms with E-state index in [-0.39, 0.29) is 6.04 Å². The number of aryl methyl sites for hydroxylation is 2. The number of hydrogen-bond donors (Lipinski definition) is 1. The Hall–Kier alpha value is -1.61. The maximum Gasteiger partial charge on any atom is 0.0746 e. The van der Waals surface area contributed by atoms with Gasteiger partial charge >= 0.3 is 0 Å². The van der Waals surface area contributed by atoms with Crippen LogP contribution in [0.1, 0.15) is 60.7 Å². The first kappa shape index (κ1) is 14.3. The lowest BCUT2D eigenvalue weighted by Crippen LogP contribution is -2.22. The van der Waals surface area contributed by atoms with Crippen LogP contribution in [-0.4, -0.2) is 16.8 Å². The fraction of sp³-hybridized carbons (Fsp3) is 0.500. The monoisotopic (exact) mass is 283 g/mol. The topological polar surface area (TPSA) is 29.9 Å². The molecule has 1 unspecified atom stereocenters. The van der Waals surface area contributed by atoms with E-state index in [1.54, 1.807) is 0 Å². The summed E-state index contributed by atoms with van der Waals surface area (Å²) in [4.78, 5) is 0. The average molecular weight is 283 g/mol. The lowest BCUT2D eigenvalue weighted by molar-refractivity contribution is 0.419. The van der Waals surface area contributed by atoms with Gasteiger partial charge in [0.1, 0.15) is 0 Å². The first-order chi connectivity index (χ1) is 10.2. The van der Waals surface area contributed by atoms with Gasteiger partial charge in [0.05, 0.1) is 17.4 Å². The summed E-state index contributed by atoms with van der Waals surface area (Å²) in [6.07, 6.45) is 4.07. The van der Waals surface area contributed by atoms with E-state index in [0.29, 0.717) is 0 Å². The van der Waals surface area contributed by atoms with Crippen molar-refractivity contribution in [2.75, 3.05) is 7.05 Å². The largest absolute Gasteiger partial charge is 0.308 e. The average Bonchev–Trinajstić information content (AvgIpc) is 2.79. The molecule has 3 heteroatoms. The van der Waals surface area contributed by atoms with Gasteiger partial charge in [-0.25, -0.2) is 0 Å². The van der Waals surface area contributed by atoms with Crippen LogP contribution >= 0.6 is 0 Å². The predicted molar refractivity (Wildman–Crippen MR) is 86.6 cm³/mol. The molecule has 21 heavy (non-hydrogen) atoms. The van der Waals surface area contributed by atoms with Crippen LogP contribution in [0.15, 0.2) is 30.3 Å². The van der Waals surface area contributed by atoms with Crippen molar-refractivity contribution in [2.24, 2.45) is 0 Å². The van der Waals surface area contributed by atoms with E-state index < -0.39 is 0 Å². The molecule has 0 aliphatic heterocycles. The summed E-state index contributed by atoms with van der Waals surface area (Å²) < 4.78 is 2.10. The fourth-order valence-electron chi connectivity index (χ4n) is 3.27. The number of aromatic nitrogens is 2. The summed E-state index contributed by atoms with van der Waals surface area (Å²) in [6, 6.07) is 11.5. The molecule has 3 nitrogen and oxygen atoms in total. The molecule has 1 heterocycles. The van der Waals surface area contributed by atoms with Crippen molar-refractivity contribution >= 4 is 0 Å². The van der Waals surface area contributed by atoms with Crippen LogP contribution in [0.3, 0.4) is 0 Å². The maximum absolute atomic E-state index is 4.59. The van der Waals surface area contributed by atoms with Crippen LogP contribution in [0.2, 0.25) is 0 Å². The summed E-state index contributed by atoms with van der Waals surface area (Å²) >= 11 is 0. The molecule has 2 aromatic rings. The summed E-state index contributed by atoms with van der Waals surface area (Å²) in [5.74, 6) is 0.778. The molecule has 1 aliphatic carbocycles. The SMILES string of the molecule is CCn1nc(C)cc1C(NC)c1cccc(C2CCC2)c1. The Morgan fingerprint density at radius 1 is 1.33 bits per heavy atom. The highest BCUT2D eigenvalue weighted by Crippen LogP contribution is 2.37. The summed E-state index contributed by atoms with van der Waals surface area (Å²) in [5.41, 5.74) is 5.18. The molecule has 1 fully saturated rings. The van der Waals surface area contributed by atoms with Crippen LogP contribution in [0, 0.1) is 6.92 Å². The second-order valence-electron chi connectivity index (χ2n) is 6.05.